The van der Waals surface area contributed by atoms with Crippen LogP contribution >= 0.6 is 0 Å². The molecule has 1 aliphatic carbocycles. The summed E-state index contributed by atoms with van der Waals surface area (Å²) >= 11 is 0. The summed E-state index contributed by atoms with van der Waals surface area (Å²) in [5, 5.41) is 3.60. The van der Waals surface area contributed by atoms with Crippen LogP contribution in [-0.2, 0) is 0 Å². The van der Waals surface area contributed by atoms with Crippen molar-refractivity contribution in [1.82, 2.24) is 10.2 Å². The van der Waals surface area contributed by atoms with E-state index >= 15 is 0 Å². The number of rotatable bonds is 5. The van der Waals surface area contributed by atoms with Crippen molar-refractivity contribution in [3.63, 3.8) is 0 Å². The second kappa shape index (κ2) is 5.71. The Morgan fingerprint density at radius 2 is 1.71 bits per heavy atom. The predicted molar refractivity (Wildman–Crippen MR) is 74.2 cm³/mol. The van der Waals surface area contributed by atoms with E-state index in [-0.39, 0.29) is 0 Å². The van der Waals surface area contributed by atoms with Crippen LogP contribution in [0.2, 0.25) is 0 Å². The molecule has 17 heavy (non-hydrogen) atoms. The van der Waals surface area contributed by atoms with Gasteiger partial charge in [0.15, 0.2) is 0 Å². The molecule has 1 heterocycles. The fraction of sp³-hybridized carbons (Fsp3) is 1.00. The van der Waals surface area contributed by atoms with Crippen molar-refractivity contribution in [1.29, 1.82) is 0 Å². The first kappa shape index (κ1) is 13.4. The van der Waals surface area contributed by atoms with Crippen molar-refractivity contribution in [3.8, 4) is 0 Å². The van der Waals surface area contributed by atoms with Crippen molar-refractivity contribution in [2.45, 2.75) is 46.5 Å². The van der Waals surface area contributed by atoms with Gasteiger partial charge in [-0.2, -0.15) is 0 Å². The molecular weight excluding hydrogens is 208 g/mol. The fourth-order valence-corrected chi connectivity index (χ4v) is 3.76. The molecule has 2 atom stereocenters. The van der Waals surface area contributed by atoms with E-state index in [1.165, 1.54) is 51.9 Å². The van der Waals surface area contributed by atoms with Crippen molar-refractivity contribution in [2.24, 2.45) is 17.3 Å². The van der Waals surface area contributed by atoms with E-state index in [4.69, 9.17) is 0 Å². The summed E-state index contributed by atoms with van der Waals surface area (Å²) in [5.41, 5.74) is 0.597. The largest absolute Gasteiger partial charge is 0.316 e. The molecule has 0 aromatic carbocycles. The molecule has 2 fully saturated rings. The molecule has 0 aromatic rings. The zero-order valence-electron chi connectivity index (χ0n) is 12.0. The van der Waals surface area contributed by atoms with E-state index in [1.54, 1.807) is 0 Å². The molecule has 0 bridgehead atoms. The van der Waals surface area contributed by atoms with Gasteiger partial charge in [0, 0.05) is 26.2 Å². The fourth-order valence-electron chi connectivity index (χ4n) is 3.76. The van der Waals surface area contributed by atoms with Crippen LogP contribution in [0.5, 0.6) is 0 Å². The third-order valence-corrected chi connectivity index (χ3v) is 5.04. The topological polar surface area (TPSA) is 15.3 Å². The average Bonchev–Trinajstić information content (AvgIpc) is 2.86. The number of nitrogens with one attached hydrogen (secondary N) is 1. The third kappa shape index (κ3) is 3.23. The van der Waals surface area contributed by atoms with Crippen molar-refractivity contribution >= 4 is 0 Å². The van der Waals surface area contributed by atoms with Crippen LogP contribution in [0.4, 0.5) is 0 Å². The molecule has 1 aliphatic heterocycles. The summed E-state index contributed by atoms with van der Waals surface area (Å²) < 4.78 is 0. The molecule has 0 amide bonds. The van der Waals surface area contributed by atoms with Gasteiger partial charge < -0.3 is 10.2 Å². The lowest BCUT2D eigenvalue weighted by Gasteiger charge is -2.34. The highest BCUT2D eigenvalue weighted by Crippen LogP contribution is 2.39. The normalized spacial score (nSPS) is 33.4. The van der Waals surface area contributed by atoms with Gasteiger partial charge in [-0.25, -0.2) is 0 Å². The zero-order chi connectivity index (χ0) is 12.3. The standard InChI is InChI=1S/C15H30N2/c1-4-16-11-15(7-5-6-8-15)12-17-9-13(2)14(3)10-17/h13-14,16H,4-12H2,1-3H3. The van der Waals surface area contributed by atoms with Gasteiger partial charge in [0.2, 0.25) is 0 Å². The van der Waals surface area contributed by atoms with E-state index in [1.807, 2.05) is 0 Å². The van der Waals surface area contributed by atoms with Crippen LogP contribution in [0.25, 0.3) is 0 Å². The Morgan fingerprint density at radius 3 is 2.24 bits per heavy atom. The number of hydrogen-bond acceptors (Lipinski definition) is 2. The monoisotopic (exact) mass is 238 g/mol. The summed E-state index contributed by atoms with van der Waals surface area (Å²) in [7, 11) is 0. The van der Waals surface area contributed by atoms with Crippen LogP contribution in [0, 0.1) is 17.3 Å². The van der Waals surface area contributed by atoms with Gasteiger partial charge in [-0.15, -0.1) is 0 Å². The second-order valence-corrected chi connectivity index (χ2v) is 6.64. The molecule has 2 unspecified atom stereocenters. The molecule has 2 aliphatic rings. The van der Waals surface area contributed by atoms with Gasteiger partial charge in [0.1, 0.15) is 0 Å². The molecule has 1 N–H and O–H groups in total. The number of likely N-dealkylation sites (tertiary alicyclic amines) is 1. The Balaban J connectivity index is 1.89. The summed E-state index contributed by atoms with van der Waals surface area (Å²) in [6.45, 7) is 13.4. The van der Waals surface area contributed by atoms with Gasteiger partial charge >= 0.3 is 0 Å². The minimum atomic E-state index is 0.597. The lowest BCUT2D eigenvalue weighted by atomic mass is 9.85. The molecule has 100 valence electrons. The first-order valence-corrected chi connectivity index (χ1v) is 7.58. The Bertz CT molecular complexity index is 223. The van der Waals surface area contributed by atoms with Gasteiger partial charge in [-0.3, -0.25) is 0 Å². The number of nitrogens with zero attached hydrogens (tertiary/aromatic N) is 1. The van der Waals surface area contributed by atoms with E-state index in [0.29, 0.717) is 5.41 Å². The minimum Gasteiger partial charge on any atom is -0.316 e. The summed E-state index contributed by atoms with van der Waals surface area (Å²) in [6, 6.07) is 0. The molecule has 0 aromatic heterocycles. The highest BCUT2D eigenvalue weighted by Gasteiger charge is 2.37. The molecule has 2 heteroatoms. The lowest BCUT2D eigenvalue weighted by Crippen LogP contribution is -2.42. The first-order valence-electron chi connectivity index (χ1n) is 7.58. The van der Waals surface area contributed by atoms with Crippen LogP contribution in [-0.4, -0.2) is 37.6 Å². The maximum absolute atomic E-state index is 3.60. The smallest absolute Gasteiger partial charge is 0.00504 e. The summed E-state index contributed by atoms with van der Waals surface area (Å²) in [4.78, 5) is 2.73. The predicted octanol–water partition coefficient (Wildman–Crippen LogP) is 2.74. The van der Waals surface area contributed by atoms with Crippen LogP contribution in [0.3, 0.4) is 0 Å². The van der Waals surface area contributed by atoms with E-state index in [9.17, 15) is 0 Å². The Morgan fingerprint density at radius 1 is 1.12 bits per heavy atom. The molecule has 0 radical (unpaired) electrons. The maximum atomic E-state index is 3.60. The van der Waals surface area contributed by atoms with Crippen LogP contribution in [0.15, 0.2) is 0 Å². The summed E-state index contributed by atoms with van der Waals surface area (Å²) in [6.07, 6.45) is 5.78. The Hall–Kier alpha value is -0.0800. The van der Waals surface area contributed by atoms with Gasteiger partial charge in [-0.05, 0) is 36.6 Å². The van der Waals surface area contributed by atoms with Crippen LogP contribution in [0.1, 0.15) is 46.5 Å². The maximum Gasteiger partial charge on any atom is 0.00504 e. The zero-order valence-corrected chi connectivity index (χ0v) is 12.0. The minimum absolute atomic E-state index is 0.597. The van der Waals surface area contributed by atoms with Crippen molar-refractivity contribution in [2.75, 3.05) is 32.7 Å². The summed E-state index contributed by atoms with van der Waals surface area (Å²) in [5.74, 6) is 1.79. The van der Waals surface area contributed by atoms with Crippen molar-refractivity contribution in [3.05, 3.63) is 0 Å². The van der Waals surface area contributed by atoms with E-state index in [0.717, 1.165) is 18.4 Å². The third-order valence-electron chi connectivity index (χ3n) is 5.04. The highest BCUT2D eigenvalue weighted by molar-refractivity contribution is 4.91. The molecule has 1 saturated heterocycles. The van der Waals surface area contributed by atoms with Gasteiger partial charge in [0.05, 0.1) is 0 Å². The second-order valence-electron chi connectivity index (χ2n) is 6.64. The molecular formula is C15H30N2. The molecule has 1 saturated carbocycles. The molecule has 2 rings (SSSR count). The van der Waals surface area contributed by atoms with Crippen LogP contribution < -0.4 is 5.32 Å². The van der Waals surface area contributed by atoms with Crippen molar-refractivity contribution < 1.29 is 0 Å². The lowest BCUT2D eigenvalue weighted by molar-refractivity contribution is 0.168. The highest BCUT2D eigenvalue weighted by atomic mass is 15.2. The Labute approximate surface area is 107 Å². The quantitative estimate of drug-likeness (QED) is 0.792. The molecule has 0 spiro atoms. The Kier molecular flexibility index (Phi) is 4.48. The van der Waals surface area contributed by atoms with Gasteiger partial charge in [0.25, 0.3) is 0 Å². The average molecular weight is 238 g/mol. The van der Waals surface area contributed by atoms with E-state index in [2.05, 4.69) is 31.0 Å². The van der Waals surface area contributed by atoms with Gasteiger partial charge in [-0.1, -0.05) is 33.6 Å². The first-order chi connectivity index (χ1) is 8.15. The SMILES string of the molecule is CCNCC1(CN2CC(C)C(C)C2)CCCC1. The number of hydrogen-bond donors (Lipinski definition) is 1. The van der Waals surface area contributed by atoms with E-state index < -0.39 is 0 Å². The molecule has 2 nitrogen and oxygen atoms in total.